The van der Waals surface area contributed by atoms with Crippen molar-refractivity contribution in [3.63, 3.8) is 0 Å². The number of methoxy groups -OCH3 is 2. The molecule has 59 heavy (non-hydrogen) atoms. The number of aromatic nitrogens is 4. The molecule has 0 radical (unpaired) electrons. The summed E-state index contributed by atoms with van der Waals surface area (Å²) in [6.07, 6.45) is 1.89. The summed E-state index contributed by atoms with van der Waals surface area (Å²) < 4.78 is 25.2. The van der Waals surface area contributed by atoms with Crippen LogP contribution in [0.3, 0.4) is 0 Å². The fourth-order valence-electron chi connectivity index (χ4n) is 9.99. The maximum absolute atomic E-state index is 15.6. The second-order valence-electron chi connectivity index (χ2n) is 17.0. The van der Waals surface area contributed by atoms with Crippen molar-refractivity contribution in [3.8, 4) is 11.8 Å². The molecule has 3 aliphatic heterocycles. The van der Waals surface area contributed by atoms with Crippen molar-refractivity contribution in [2.45, 2.75) is 88.4 Å². The Morgan fingerprint density at radius 1 is 0.915 bits per heavy atom. The van der Waals surface area contributed by atoms with Crippen LogP contribution in [-0.2, 0) is 19.1 Å². The molecule has 5 heterocycles. The number of nitrogens with zero attached hydrogens (tertiary/aromatic N) is 4. The van der Waals surface area contributed by atoms with Crippen LogP contribution in [-0.4, -0.2) is 97.8 Å². The minimum Gasteiger partial charge on any atom is -0.453 e. The Balaban J connectivity index is 0.893. The van der Waals surface area contributed by atoms with E-state index in [-0.39, 0.29) is 47.3 Å². The first-order valence-corrected chi connectivity index (χ1v) is 20.1. The van der Waals surface area contributed by atoms with Gasteiger partial charge in [-0.15, -0.1) is 0 Å². The molecular weight excluding hydrogens is 758 g/mol. The Morgan fingerprint density at radius 2 is 1.66 bits per heavy atom. The number of alkyl carbamates (subject to hydrolysis) is 2. The number of nitrogens with one attached hydrogen (secondary N) is 5. The molecule has 9 atom stereocenters. The van der Waals surface area contributed by atoms with Gasteiger partial charge in [-0.25, -0.2) is 23.9 Å². The van der Waals surface area contributed by atoms with E-state index >= 15 is 4.39 Å². The minimum atomic E-state index is -0.816. The summed E-state index contributed by atoms with van der Waals surface area (Å²) in [5.41, 5.74) is 2.98. The molecule has 1 spiro atoms. The molecule has 3 saturated heterocycles. The second-order valence-corrected chi connectivity index (χ2v) is 17.0. The fraction of sp³-hybridized carbons (Fsp3) is 0.442. The Bertz CT molecular complexity index is 2680. The van der Waals surface area contributed by atoms with Crippen LogP contribution in [0.5, 0.6) is 0 Å². The van der Waals surface area contributed by atoms with Crippen LogP contribution in [0.2, 0.25) is 0 Å². The van der Waals surface area contributed by atoms with Crippen LogP contribution in [0.4, 0.5) is 14.0 Å². The van der Waals surface area contributed by atoms with Crippen LogP contribution in [0.25, 0.3) is 32.8 Å². The van der Waals surface area contributed by atoms with Crippen LogP contribution < -0.4 is 16.0 Å². The Kier molecular flexibility index (Phi) is 8.43. The number of carbonyl (C=O) groups excluding carboxylic acids is 4. The number of hydrogen-bond acceptors (Lipinski definition) is 9. The number of aromatic amines is 2. The standard InChI is InChI=1S/C43H44FN9O6/c1-19(2)33(49-41(56)58-4)39(54)52-30-15-24(30)16-31(52)37-45-28-11-9-23-12-21(8-10-26(23)35(28)47-37)6-7-22-13-27(44)36-29(14-22)46-38(48-36)32-17-25-18-43(25)51-20(3)34(40(55)53(32)43)50-42(57)59-5/h8-14,19-20,24-25,30-34,51H,15-18H2,1-5H3,(H,45,47)(H,46,48)(H,49,56)(H,50,57)/t20?,24-,25+,30-,31+,32+,33+,34+,43-/m1/s1. The van der Waals surface area contributed by atoms with E-state index in [1.165, 1.54) is 20.3 Å². The minimum absolute atomic E-state index is 0.127. The van der Waals surface area contributed by atoms with Crippen molar-refractivity contribution in [2.24, 2.45) is 17.8 Å². The molecule has 15 nitrogen and oxygen atoms in total. The molecule has 304 valence electrons. The van der Waals surface area contributed by atoms with Crippen molar-refractivity contribution < 1.29 is 33.0 Å². The average Bonchev–Trinajstić information content (AvgIpc) is 3.78. The number of piperidine rings is 2. The first kappa shape index (κ1) is 37.1. The van der Waals surface area contributed by atoms with Crippen molar-refractivity contribution >= 4 is 56.8 Å². The van der Waals surface area contributed by atoms with Crippen molar-refractivity contribution in [1.29, 1.82) is 0 Å². The highest BCUT2D eigenvalue weighted by Crippen LogP contribution is 2.62. The van der Waals surface area contributed by atoms with E-state index in [9.17, 15) is 19.2 Å². The van der Waals surface area contributed by atoms with E-state index in [4.69, 9.17) is 14.5 Å². The summed E-state index contributed by atoms with van der Waals surface area (Å²) in [6.45, 7) is 5.68. The lowest BCUT2D eigenvalue weighted by molar-refractivity contribution is -0.144. The van der Waals surface area contributed by atoms with Gasteiger partial charge in [0.15, 0.2) is 5.82 Å². The number of benzene rings is 3. The third kappa shape index (κ3) is 5.96. The highest BCUT2D eigenvalue weighted by Gasteiger charge is 2.71. The molecule has 1 unspecified atom stereocenters. The number of ether oxygens (including phenoxy) is 2. The number of fused-ring (bicyclic) bond motifs is 5. The first-order valence-electron chi connectivity index (χ1n) is 20.1. The van der Waals surface area contributed by atoms with E-state index in [0.717, 1.165) is 52.5 Å². The zero-order chi connectivity index (χ0) is 41.1. The number of halogens is 1. The van der Waals surface area contributed by atoms with Crippen molar-refractivity contribution in [3.05, 3.63) is 71.1 Å². The summed E-state index contributed by atoms with van der Waals surface area (Å²) in [4.78, 5) is 72.0. The number of likely N-dealkylation sites (tertiary alicyclic amines) is 1. The Hall–Kier alpha value is -6.21. The summed E-state index contributed by atoms with van der Waals surface area (Å²) in [7, 11) is 2.54. The zero-order valence-corrected chi connectivity index (χ0v) is 33.2. The highest BCUT2D eigenvalue weighted by atomic mass is 19.1. The van der Waals surface area contributed by atoms with E-state index in [1.807, 2.05) is 56.0 Å². The number of rotatable bonds is 6. The van der Waals surface area contributed by atoms with Gasteiger partial charge in [0.2, 0.25) is 11.8 Å². The molecule has 2 aliphatic carbocycles. The lowest BCUT2D eigenvalue weighted by Gasteiger charge is -2.44. The molecule has 5 aromatic rings. The van der Waals surface area contributed by atoms with Gasteiger partial charge in [-0.1, -0.05) is 37.8 Å². The predicted molar refractivity (Wildman–Crippen MR) is 213 cm³/mol. The summed E-state index contributed by atoms with van der Waals surface area (Å²) in [6, 6.07) is 10.6. The van der Waals surface area contributed by atoms with E-state index in [0.29, 0.717) is 29.2 Å². The first-order chi connectivity index (χ1) is 28.4. The molecule has 2 saturated carbocycles. The maximum atomic E-state index is 15.6. The molecule has 16 heteroatoms. The summed E-state index contributed by atoms with van der Waals surface area (Å²) in [5.74, 6) is 7.13. The van der Waals surface area contributed by atoms with E-state index < -0.39 is 41.8 Å². The number of hydrogen-bond donors (Lipinski definition) is 5. The highest BCUT2D eigenvalue weighted by molar-refractivity contribution is 6.04. The van der Waals surface area contributed by atoms with Crippen LogP contribution >= 0.6 is 0 Å². The second kappa shape index (κ2) is 13.4. The van der Waals surface area contributed by atoms with Crippen molar-refractivity contribution in [1.82, 2.24) is 45.7 Å². The lowest BCUT2D eigenvalue weighted by Crippen LogP contribution is -2.69. The third-order valence-electron chi connectivity index (χ3n) is 13.0. The van der Waals surface area contributed by atoms with Crippen LogP contribution in [0.1, 0.15) is 81.3 Å². The van der Waals surface area contributed by atoms with Gasteiger partial charge in [-0.05, 0) is 80.2 Å². The molecular formula is C43H44FN9O6. The smallest absolute Gasteiger partial charge is 0.407 e. The summed E-state index contributed by atoms with van der Waals surface area (Å²) in [5, 5.41) is 10.8. The SMILES string of the molecule is COC(=O)N[C@H](C(=O)N1[C@@H]2C[C@@H]2C[C@H]1c1nc2c(ccc3cc(C#Cc4cc(F)c5nc([C@@H]6C[C@H]7C[C@]78NC(C)[C@H](NC(=O)OC)C(=O)N68)[nH]c5c4)ccc32)[nH]1)C(C)C. The molecule has 3 aromatic carbocycles. The molecule has 0 bridgehead atoms. The third-order valence-corrected chi connectivity index (χ3v) is 13.0. The van der Waals surface area contributed by atoms with E-state index in [2.05, 4.69) is 42.7 Å². The Labute approximate surface area is 338 Å². The zero-order valence-electron chi connectivity index (χ0n) is 33.2. The number of amides is 4. The largest absolute Gasteiger partial charge is 0.453 e. The topological polar surface area (TPSA) is 187 Å². The average molecular weight is 802 g/mol. The van der Waals surface area contributed by atoms with Gasteiger partial charge in [-0.3, -0.25) is 14.9 Å². The van der Waals surface area contributed by atoms with Gasteiger partial charge in [0, 0.05) is 34.5 Å². The van der Waals surface area contributed by atoms with Gasteiger partial charge in [0.25, 0.3) is 0 Å². The van der Waals surface area contributed by atoms with Crippen LogP contribution in [0.15, 0.2) is 42.5 Å². The normalized spacial score (nSPS) is 28.2. The molecule has 5 fully saturated rings. The molecule has 4 amide bonds. The number of carbonyl (C=O) groups is 4. The molecule has 2 aromatic heterocycles. The van der Waals surface area contributed by atoms with Gasteiger partial charge in [0.1, 0.15) is 29.2 Å². The fourth-order valence-corrected chi connectivity index (χ4v) is 9.99. The van der Waals surface area contributed by atoms with Gasteiger partial charge in [-0.2, -0.15) is 0 Å². The maximum Gasteiger partial charge on any atom is 0.407 e. The monoisotopic (exact) mass is 801 g/mol. The van der Waals surface area contributed by atoms with Gasteiger partial charge in [0.05, 0.1) is 48.5 Å². The molecule has 5 aliphatic rings. The van der Waals surface area contributed by atoms with Gasteiger partial charge < -0.3 is 39.9 Å². The predicted octanol–water partition coefficient (Wildman–Crippen LogP) is 4.88. The number of H-pyrrole nitrogens is 2. The Morgan fingerprint density at radius 3 is 2.44 bits per heavy atom. The van der Waals surface area contributed by atoms with Gasteiger partial charge >= 0.3 is 12.2 Å². The van der Waals surface area contributed by atoms with E-state index in [1.54, 1.807) is 11.0 Å². The number of imidazole rings is 2. The molecule has 5 N–H and O–H groups in total. The quantitative estimate of drug-likeness (QED) is 0.149. The lowest BCUT2D eigenvalue weighted by atomic mass is 10.0. The molecule has 10 rings (SSSR count). The summed E-state index contributed by atoms with van der Waals surface area (Å²) >= 11 is 0. The van der Waals surface area contributed by atoms with Crippen molar-refractivity contribution in [2.75, 3.05) is 14.2 Å². The van der Waals surface area contributed by atoms with Crippen LogP contribution in [0, 0.1) is 35.4 Å².